The minimum atomic E-state index is -1.03. The monoisotopic (exact) mass is 346 g/mol. The Labute approximate surface area is 141 Å². The van der Waals surface area contributed by atoms with Gasteiger partial charge in [-0.2, -0.15) is 5.26 Å². The summed E-state index contributed by atoms with van der Waals surface area (Å²) in [5, 5.41) is 20.8. The van der Waals surface area contributed by atoms with Crippen molar-refractivity contribution in [2.24, 2.45) is 0 Å². The lowest BCUT2D eigenvalue weighted by Gasteiger charge is -2.07. The smallest absolute Gasteiger partial charge is 0.336 e. The van der Waals surface area contributed by atoms with Crippen molar-refractivity contribution in [2.45, 2.75) is 4.90 Å². The molecule has 1 amide bonds. The van der Waals surface area contributed by atoms with Crippen LogP contribution in [0.3, 0.4) is 0 Å². The maximum Gasteiger partial charge on any atom is 0.336 e. The van der Waals surface area contributed by atoms with Crippen molar-refractivity contribution in [1.82, 2.24) is 0 Å². The predicted octanol–water partition coefficient (Wildman–Crippen LogP) is 3.64. The molecular formula is C16H11ClN2O3S. The van der Waals surface area contributed by atoms with Crippen LogP contribution in [-0.4, -0.2) is 22.7 Å². The van der Waals surface area contributed by atoms with E-state index in [1.165, 1.54) is 18.2 Å². The van der Waals surface area contributed by atoms with Gasteiger partial charge in [0.25, 0.3) is 0 Å². The summed E-state index contributed by atoms with van der Waals surface area (Å²) in [5.41, 5.74) is 0.965. The first kappa shape index (κ1) is 16.9. The molecule has 0 aliphatic rings. The topological polar surface area (TPSA) is 90.2 Å². The molecule has 2 N–H and O–H groups in total. The van der Waals surface area contributed by atoms with E-state index in [1.807, 2.05) is 6.07 Å². The molecule has 0 aromatic heterocycles. The van der Waals surface area contributed by atoms with Crippen molar-refractivity contribution < 1.29 is 14.7 Å². The van der Waals surface area contributed by atoms with Gasteiger partial charge >= 0.3 is 5.97 Å². The van der Waals surface area contributed by atoms with Crippen LogP contribution in [0.1, 0.15) is 15.9 Å². The molecule has 2 rings (SSSR count). The normalized spacial score (nSPS) is 9.91. The van der Waals surface area contributed by atoms with E-state index in [-0.39, 0.29) is 22.2 Å². The summed E-state index contributed by atoms with van der Waals surface area (Å²) in [5.74, 6) is -1.27. The highest BCUT2D eigenvalue weighted by atomic mass is 35.5. The molecule has 0 radical (unpaired) electrons. The van der Waals surface area contributed by atoms with E-state index in [0.29, 0.717) is 16.1 Å². The molecular weight excluding hydrogens is 336 g/mol. The third-order valence-electron chi connectivity index (χ3n) is 2.85. The average molecular weight is 347 g/mol. The highest BCUT2D eigenvalue weighted by Crippen LogP contribution is 2.24. The number of hydrogen-bond donors (Lipinski definition) is 2. The Bertz CT molecular complexity index is 802. The lowest BCUT2D eigenvalue weighted by atomic mass is 10.2. The molecule has 2 aromatic carbocycles. The van der Waals surface area contributed by atoms with Crippen molar-refractivity contribution >= 4 is 40.9 Å². The molecule has 7 heteroatoms. The fourth-order valence-corrected chi connectivity index (χ4v) is 2.86. The van der Waals surface area contributed by atoms with Crippen molar-refractivity contribution in [3.05, 3.63) is 58.6 Å². The van der Waals surface area contributed by atoms with Gasteiger partial charge in [-0.1, -0.05) is 23.7 Å². The summed E-state index contributed by atoms with van der Waals surface area (Å²) >= 11 is 7.03. The molecule has 0 aliphatic carbocycles. The van der Waals surface area contributed by atoms with Gasteiger partial charge in [0.1, 0.15) is 6.07 Å². The fourth-order valence-electron chi connectivity index (χ4n) is 1.79. The van der Waals surface area contributed by atoms with Gasteiger partial charge in [0.2, 0.25) is 5.91 Å². The van der Waals surface area contributed by atoms with Crippen molar-refractivity contribution in [3.8, 4) is 6.07 Å². The van der Waals surface area contributed by atoms with Crippen LogP contribution in [0.2, 0.25) is 5.02 Å². The third kappa shape index (κ3) is 4.49. The number of carbonyl (C=O) groups excluding carboxylic acids is 1. The standard InChI is InChI=1S/C16H11ClN2O3S/c17-13-7-11(6-5-10(13)8-18)19-15(20)9-23-14-4-2-1-3-12(14)16(21)22/h1-7H,9H2,(H,19,20)(H,21,22). The number of thioether (sulfide) groups is 1. The van der Waals surface area contributed by atoms with Gasteiger partial charge in [-0.05, 0) is 30.3 Å². The summed E-state index contributed by atoms with van der Waals surface area (Å²) in [6.45, 7) is 0. The van der Waals surface area contributed by atoms with E-state index < -0.39 is 5.97 Å². The van der Waals surface area contributed by atoms with Gasteiger partial charge in [0.15, 0.2) is 0 Å². The molecule has 0 saturated carbocycles. The number of carbonyl (C=O) groups is 2. The largest absolute Gasteiger partial charge is 0.478 e. The number of aromatic carboxylic acids is 1. The number of rotatable bonds is 5. The van der Waals surface area contributed by atoms with Crippen LogP contribution in [0.15, 0.2) is 47.4 Å². The van der Waals surface area contributed by atoms with E-state index >= 15 is 0 Å². The summed E-state index contributed by atoms with van der Waals surface area (Å²) in [6, 6.07) is 13.0. The Morgan fingerprint density at radius 3 is 2.65 bits per heavy atom. The average Bonchev–Trinajstić information content (AvgIpc) is 2.53. The quantitative estimate of drug-likeness (QED) is 0.806. The maximum atomic E-state index is 11.9. The zero-order valence-corrected chi connectivity index (χ0v) is 13.3. The molecule has 0 atom stereocenters. The predicted molar refractivity (Wildman–Crippen MR) is 88.9 cm³/mol. The van der Waals surface area contributed by atoms with Crippen LogP contribution in [-0.2, 0) is 4.79 Å². The number of halogens is 1. The second-order valence-electron chi connectivity index (χ2n) is 4.44. The number of amides is 1. The zero-order chi connectivity index (χ0) is 16.8. The molecule has 0 aliphatic heterocycles. The summed E-state index contributed by atoms with van der Waals surface area (Å²) < 4.78 is 0. The number of nitriles is 1. The summed E-state index contributed by atoms with van der Waals surface area (Å²) in [6.07, 6.45) is 0. The molecule has 0 saturated heterocycles. The number of hydrogen-bond acceptors (Lipinski definition) is 4. The molecule has 0 spiro atoms. The lowest BCUT2D eigenvalue weighted by molar-refractivity contribution is -0.113. The molecule has 2 aromatic rings. The van der Waals surface area contributed by atoms with Gasteiger partial charge in [-0.3, -0.25) is 4.79 Å². The number of anilines is 1. The van der Waals surface area contributed by atoms with Crippen molar-refractivity contribution in [1.29, 1.82) is 5.26 Å². The summed E-state index contributed by atoms with van der Waals surface area (Å²) in [7, 11) is 0. The molecule has 0 unspecified atom stereocenters. The van der Waals surface area contributed by atoms with Crippen LogP contribution in [0.25, 0.3) is 0 Å². The first-order valence-corrected chi connectivity index (χ1v) is 7.82. The second-order valence-corrected chi connectivity index (χ2v) is 5.87. The molecule has 0 heterocycles. The number of nitrogens with one attached hydrogen (secondary N) is 1. The van der Waals surface area contributed by atoms with E-state index in [1.54, 1.807) is 24.3 Å². The second kappa shape index (κ2) is 7.68. The molecule has 0 bridgehead atoms. The number of carboxylic acids is 1. The Balaban J connectivity index is 2.00. The highest BCUT2D eigenvalue weighted by molar-refractivity contribution is 8.00. The van der Waals surface area contributed by atoms with Crippen molar-refractivity contribution in [2.75, 3.05) is 11.1 Å². The molecule has 5 nitrogen and oxygen atoms in total. The fraction of sp³-hybridized carbons (Fsp3) is 0.0625. The van der Waals surface area contributed by atoms with Crippen LogP contribution < -0.4 is 5.32 Å². The Morgan fingerprint density at radius 1 is 1.26 bits per heavy atom. The molecule has 23 heavy (non-hydrogen) atoms. The van der Waals surface area contributed by atoms with E-state index in [9.17, 15) is 9.59 Å². The van der Waals surface area contributed by atoms with Crippen LogP contribution in [0.5, 0.6) is 0 Å². The number of carboxylic acid groups (broad SMARTS) is 1. The van der Waals surface area contributed by atoms with Gasteiger partial charge in [0, 0.05) is 10.6 Å². The lowest BCUT2D eigenvalue weighted by Crippen LogP contribution is -2.14. The first-order chi connectivity index (χ1) is 11.0. The number of nitrogens with zero attached hydrogens (tertiary/aromatic N) is 1. The van der Waals surface area contributed by atoms with Crippen LogP contribution >= 0.6 is 23.4 Å². The number of benzene rings is 2. The van der Waals surface area contributed by atoms with Gasteiger partial charge in [-0.15, -0.1) is 11.8 Å². The van der Waals surface area contributed by atoms with Crippen LogP contribution in [0, 0.1) is 11.3 Å². The molecule has 0 fully saturated rings. The maximum absolute atomic E-state index is 11.9. The van der Waals surface area contributed by atoms with Crippen LogP contribution in [0.4, 0.5) is 5.69 Å². The Kier molecular flexibility index (Phi) is 5.63. The van der Waals surface area contributed by atoms with Gasteiger partial charge in [-0.25, -0.2) is 4.79 Å². The third-order valence-corrected chi connectivity index (χ3v) is 4.24. The first-order valence-electron chi connectivity index (χ1n) is 6.46. The zero-order valence-electron chi connectivity index (χ0n) is 11.7. The van der Waals surface area contributed by atoms with E-state index in [0.717, 1.165) is 11.8 Å². The minimum Gasteiger partial charge on any atom is -0.478 e. The minimum absolute atomic E-state index is 0.0575. The Hall–Kier alpha value is -2.49. The summed E-state index contributed by atoms with van der Waals surface area (Å²) in [4.78, 5) is 23.6. The van der Waals surface area contributed by atoms with E-state index in [4.69, 9.17) is 22.0 Å². The molecule has 116 valence electrons. The van der Waals surface area contributed by atoms with Gasteiger partial charge < -0.3 is 10.4 Å². The highest BCUT2D eigenvalue weighted by Gasteiger charge is 2.11. The van der Waals surface area contributed by atoms with Crippen molar-refractivity contribution in [3.63, 3.8) is 0 Å². The van der Waals surface area contributed by atoms with E-state index in [2.05, 4.69) is 5.32 Å². The van der Waals surface area contributed by atoms with Gasteiger partial charge in [0.05, 0.1) is 21.9 Å². The SMILES string of the molecule is N#Cc1ccc(NC(=O)CSc2ccccc2C(=O)O)cc1Cl. The Morgan fingerprint density at radius 2 is 2.00 bits per heavy atom.